The predicted octanol–water partition coefficient (Wildman–Crippen LogP) is 5.80. The van der Waals surface area contributed by atoms with Crippen molar-refractivity contribution in [2.45, 2.75) is 0 Å². The van der Waals surface area contributed by atoms with Crippen LogP contribution in [0.25, 0.3) is 22.2 Å². The molecule has 0 saturated heterocycles. The van der Waals surface area contributed by atoms with Crippen molar-refractivity contribution in [1.29, 1.82) is 0 Å². The number of amides is 2. The van der Waals surface area contributed by atoms with Gasteiger partial charge in [0.2, 0.25) is 0 Å². The van der Waals surface area contributed by atoms with E-state index in [-0.39, 0.29) is 11.4 Å². The molecular weight excluding hydrogens is 466 g/mol. The minimum Gasteiger partial charge on any atom is -0.493 e. The summed E-state index contributed by atoms with van der Waals surface area (Å²) >= 11 is 0. The number of imide groups is 1. The molecule has 0 saturated carbocycles. The molecule has 5 rings (SSSR count). The molecule has 5 aromatic rings. The van der Waals surface area contributed by atoms with E-state index in [0.29, 0.717) is 33.8 Å². The molecule has 0 spiro atoms. The van der Waals surface area contributed by atoms with Gasteiger partial charge in [-0.15, -0.1) is 0 Å². The van der Waals surface area contributed by atoms with Crippen LogP contribution in [0.1, 0.15) is 20.7 Å². The lowest BCUT2D eigenvalue weighted by Crippen LogP contribution is -2.38. The molecular formula is C30H23N3O4. The Balaban J connectivity index is 1.74. The fourth-order valence-electron chi connectivity index (χ4n) is 4.09. The topological polar surface area (TPSA) is 81.6 Å². The van der Waals surface area contributed by atoms with E-state index in [4.69, 9.17) is 14.5 Å². The number of carbonyl (C=O) groups is 2. The fraction of sp³-hybridized carbons (Fsp3) is 0.0667. The van der Waals surface area contributed by atoms with E-state index >= 15 is 0 Å². The molecule has 2 amide bonds. The summed E-state index contributed by atoms with van der Waals surface area (Å²) in [5.41, 5.74) is 1.77. The third-order valence-corrected chi connectivity index (χ3v) is 5.92. The lowest BCUT2D eigenvalue weighted by molar-refractivity contribution is 0.0896. The highest BCUT2D eigenvalue weighted by molar-refractivity contribution is 6.27. The number of carbonyl (C=O) groups excluding carboxylic acids is 2. The number of hydrogen-bond donors (Lipinski definition) is 0. The smallest absolute Gasteiger partial charge is 0.266 e. The molecule has 182 valence electrons. The number of aromatic nitrogens is 2. The zero-order valence-electron chi connectivity index (χ0n) is 20.3. The molecule has 3 aromatic carbocycles. The molecule has 0 aliphatic heterocycles. The van der Waals surface area contributed by atoms with Crippen LogP contribution >= 0.6 is 0 Å². The van der Waals surface area contributed by atoms with Gasteiger partial charge in [0.25, 0.3) is 11.8 Å². The van der Waals surface area contributed by atoms with E-state index in [2.05, 4.69) is 4.98 Å². The van der Waals surface area contributed by atoms with Gasteiger partial charge in [0, 0.05) is 22.7 Å². The first-order chi connectivity index (χ1) is 18.1. The van der Waals surface area contributed by atoms with E-state index < -0.39 is 11.8 Å². The Labute approximate surface area is 213 Å². The van der Waals surface area contributed by atoms with Gasteiger partial charge >= 0.3 is 0 Å². The number of nitrogens with zero attached hydrogens (tertiary/aromatic N) is 3. The lowest BCUT2D eigenvalue weighted by atomic mass is 10.1. The zero-order chi connectivity index (χ0) is 25.8. The van der Waals surface area contributed by atoms with Crippen LogP contribution in [0, 0.1) is 0 Å². The van der Waals surface area contributed by atoms with Crippen molar-refractivity contribution < 1.29 is 19.1 Å². The largest absolute Gasteiger partial charge is 0.493 e. The second-order valence-corrected chi connectivity index (χ2v) is 8.15. The standard InChI is InChI=1S/C30H23N3O4/c1-36-26-16-15-22(19-27(26)37-2)30(35)33(29(34)20-10-4-3-5-11-20)28-23-13-7-6-12-21(23)18-25(32-28)24-14-8-9-17-31-24/h3-19H,1-2H3. The summed E-state index contributed by atoms with van der Waals surface area (Å²) in [5.74, 6) is 0.00968. The first-order valence-electron chi connectivity index (χ1n) is 11.6. The highest BCUT2D eigenvalue weighted by Crippen LogP contribution is 2.33. The maximum absolute atomic E-state index is 14.1. The summed E-state index contributed by atoms with van der Waals surface area (Å²) in [6.07, 6.45) is 1.67. The molecule has 0 fully saturated rings. The van der Waals surface area contributed by atoms with Crippen LogP contribution in [-0.4, -0.2) is 36.0 Å². The minimum absolute atomic E-state index is 0.215. The molecule has 0 bridgehead atoms. The monoisotopic (exact) mass is 489 g/mol. The summed E-state index contributed by atoms with van der Waals surface area (Å²) in [6.45, 7) is 0. The number of ether oxygens (including phenoxy) is 2. The highest BCUT2D eigenvalue weighted by Gasteiger charge is 2.30. The van der Waals surface area contributed by atoms with Crippen molar-refractivity contribution >= 4 is 28.4 Å². The Morgan fingerprint density at radius 3 is 2.11 bits per heavy atom. The third-order valence-electron chi connectivity index (χ3n) is 5.92. The zero-order valence-corrected chi connectivity index (χ0v) is 20.3. The molecule has 0 N–H and O–H groups in total. The maximum Gasteiger partial charge on any atom is 0.266 e. The molecule has 0 unspecified atom stereocenters. The number of hydrogen-bond acceptors (Lipinski definition) is 6. The van der Waals surface area contributed by atoms with Crippen LogP contribution in [-0.2, 0) is 0 Å². The van der Waals surface area contributed by atoms with Gasteiger partial charge in [-0.2, -0.15) is 0 Å². The van der Waals surface area contributed by atoms with E-state index in [0.717, 1.165) is 10.3 Å². The Hall–Kier alpha value is -5.04. The molecule has 2 aromatic heterocycles. The summed E-state index contributed by atoms with van der Waals surface area (Å²) in [6, 6.07) is 28.3. The molecule has 0 atom stereocenters. The number of anilines is 1. The molecule has 0 radical (unpaired) electrons. The van der Waals surface area contributed by atoms with Crippen molar-refractivity contribution in [3.8, 4) is 22.9 Å². The quantitative estimate of drug-likeness (QED) is 0.280. The predicted molar refractivity (Wildman–Crippen MR) is 142 cm³/mol. The minimum atomic E-state index is -0.550. The van der Waals surface area contributed by atoms with Crippen LogP contribution in [0.5, 0.6) is 11.5 Å². The van der Waals surface area contributed by atoms with Gasteiger partial charge in [-0.05, 0) is 53.9 Å². The molecule has 2 heterocycles. The average molecular weight is 490 g/mol. The maximum atomic E-state index is 14.1. The normalized spacial score (nSPS) is 10.6. The summed E-state index contributed by atoms with van der Waals surface area (Å²) in [7, 11) is 3.01. The molecule has 0 aliphatic carbocycles. The SMILES string of the molecule is COc1ccc(C(=O)N(C(=O)c2ccccc2)c2nc(-c3ccccn3)cc3ccccc23)cc1OC. The van der Waals surface area contributed by atoms with Crippen molar-refractivity contribution in [2.24, 2.45) is 0 Å². The first kappa shape index (κ1) is 23.7. The van der Waals surface area contributed by atoms with E-state index in [1.54, 1.807) is 48.7 Å². The van der Waals surface area contributed by atoms with Crippen molar-refractivity contribution in [1.82, 2.24) is 9.97 Å². The van der Waals surface area contributed by atoms with Crippen LogP contribution in [0.4, 0.5) is 5.82 Å². The number of benzene rings is 3. The van der Waals surface area contributed by atoms with Gasteiger partial charge in [-0.3, -0.25) is 14.6 Å². The Morgan fingerprint density at radius 2 is 1.38 bits per heavy atom. The fourth-order valence-corrected chi connectivity index (χ4v) is 4.09. The summed E-state index contributed by atoms with van der Waals surface area (Å²) in [5, 5.41) is 1.47. The van der Waals surface area contributed by atoms with Crippen LogP contribution < -0.4 is 14.4 Å². The van der Waals surface area contributed by atoms with E-state index in [1.807, 2.05) is 54.6 Å². The van der Waals surface area contributed by atoms with Gasteiger partial charge in [-0.1, -0.05) is 48.5 Å². The van der Waals surface area contributed by atoms with Crippen molar-refractivity contribution in [3.63, 3.8) is 0 Å². The molecule has 7 heteroatoms. The van der Waals surface area contributed by atoms with Gasteiger partial charge < -0.3 is 9.47 Å². The Bertz CT molecular complexity index is 1590. The Morgan fingerprint density at radius 1 is 0.676 bits per heavy atom. The second-order valence-electron chi connectivity index (χ2n) is 8.15. The van der Waals surface area contributed by atoms with Gasteiger partial charge in [-0.25, -0.2) is 9.88 Å². The summed E-state index contributed by atoms with van der Waals surface area (Å²) in [4.78, 5) is 38.3. The second kappa shape index (κ2) is 10.3. The molecule has 37 heavy (non-hydrogen) atoms. The number of pyridine rings is 2. The highest BCUT2D eigenvalue weighted by atomic mass is 16.5. The van der Waals surface area contributed by atoms with Crippen LogP contribution in [0.2, 0.25) is 0 Å². The summed E-state index contributed by atoms with van der Waals surface area (Å²) < 4.78 is 10.7. The van der Waals surface area contributed by atoms with E-state index in [9.17, 15) is 9.59 Å². The van der Waals surface area contributed by atoms with Gasteiger partial charge in [0.05, 0.1) is 25.6 Å². The molecule has 7 nitrogen and oxygen atoms in total. The lowest BCUT2D eigenvalue weighted by Gasteiger charge is -2.23. The van der Waals surface area contributed by atoms with Crippen LogP contribution in [0.15, 0.2) is 103 Å². The average Bonchev–Trinajstić information content (AvgIpc) is 2.97. The third kappa shape index (κ3) is 4.62. The number of rotatable bonds is 6. The number of methoxy groups -OCH3 is 2. The molecule has 0 aliphatic rings. The van der Waals surface area contributed by atoms with E-state index in [1.165, 1.54) is 14.2 Å². The first-order valence-corrected chi connectivity index (χ1v) is 11.6. The van der Waals surface area contributed by atoms with Crippen LogP contribution in [0.3, 0.4) is 0 Å². The van der Waals surface area contributed by atoms with Crippen molar-refractivity contribution in [3.05, 3.63) is 114 Å². The van der Waals surface area contributed by atoms with Gasteiger partial charge in [0.1, 0.15) is 0 Å². The number of fused-ring (bicyclic) bond motifs is 1. The Kier molecular flexibility index (Phi) is 6.59. The van der Waals surface area contributed by atoms with Crippen molar-refractivity contribution in [2.75, 3.05) is 19.1 Å². The van der Waals surface area contributed by atoms with Gasteiger partial charge in [0.15, 0.2) is 17.3 Å².